The number of hydrogen-bond donors (Lipinski definition) is 0. The maximum Gasteiger partial charge on any atom is 3.00 e. The van der Waals surface area contributed by atoms with Crippen molar-refractivity contribution in [3.05, 3.63) is 29.6 Å². The number of aliphatic imine (C=N–C) groups is 2. The van der Waals surface area contributed by atoms with Crippen LogP contribution >= 0.6 is 0 Å². The van der Waals surface area contributed by atoms with Crippen LogP contribution < -0.4 is 37.2 Å². The predicted molar refractivity (Wildman–Crippen MR) is 58.9 cm³/mol. The van der Waals surface area contributed by atoms with Crippen LogP contribution in [0.5, 0.6) is 0 Å². The summed E-state index contributed by atoms with van der Waals surface area (Å²) < 4.78 is 10.7. The van der Waals surface area contributed by atoms with Gasteiger partial charge in [0, 0.05) is 0 Å². The molecule has 9 heteroatoms. The SMILES string of the molecule is [Cl-].[Cl-].[Cl-].[V+3].c1cc(C2=NCCO2)nc(C2=NCCO2)c1. The zero-order chi connectivity index (χ0) is 10.8. The molecule has 1 aromatic heterocycles. The molecule has 3 rings (SSSR count). The molecule has 0 fully saturated rings. The van der Waals surface area contributed by atoms with Crippen LogP contribution in [-0.4, -0.2) is 43.1 Å². The molecule has 5 nitrogen and oxygen atoms in total. The van der Waals surface area contributed by atoms with Gasteiger partial charge >= 0.3 is 18.6 Å². The van der Waals surface area contributed by atoms with E-state index in [4.69, 9.17) is 9.47 Å². The molecule has 20 heavy (non-hydrogen) atoms. The molecule has 0 N–H and O–H groups in total. The van der Waals surface area contributed by atoms with E-state index in [1.54, 1.807) is 0 Å². The van der Waals surface area contributed by atoms with Crippen molar-refractivity contribution in [3.63, 3.8) is 0 Å². The van der Waals surface area contributed by atoms with Gasteiger partial charge in [-0.05, 0) is 12.1 Å². The van der Waals surface area contributed by atoms with Crippen molar-refractivity contribution in [2.24, 2.45) is 9.98 Å². The summed E-state index contributed by atoms with van der Waals surface area (Å²) in [5.41, 5.74) is 1.49. The Hall–Kier alpha value is -0.456. The summed E-state index contributed by atoms with van der Waals surface area (Å²) in [4.78, 5) is 12.9. The first kappa shape index (κ1) is 21.8. The largest absolute Gasteiger partial charge is 3.00 e. The fourth-order valence-corrected chi connectivity index (χ4v) is 1.65. The zero-order valence-corrected chi connectivity index (χ0v) is 14.0. The van der Waals surface area contributed by atoms with Gasteiger partial charge in [0.15, 0.2) is 0 Å². The van der Waals surface area contributed by atoms with Gasteiger partial charge in [0.1, 0.15) is 24.6 Å². The third-order valence-electron chi connectivity index (χ3n) is 2.36. The molecule has 0 atom stereocenters. The molecule has 0 unspecified atom stereocenters. The molecule has 0 saturated heterocycles. The van der Waals surface area contributed by atoms with E-state index in [-0.39, 0.29) is 55.8 Å². The summed E-state index contributed by atoms with van der Waals surface area (Å²) in [6.45, 7) is 2.69. The Bertz CT molecular complexity index is 446. The van der Waals surface area contributed by atoms with Crippen molar-refractivity contribution in [2.75, 3.05) is 26.3 Å². The van der Waals surface area contributed by atoms with Crippen LogP contribution in [0.15, 0.2) is 28.2 Å². The van der Waals surface area contributed by atoms with Gasteiger partial charge < -0.3 is 46.7 Å². The molecular formula is C11H11Cl3N3O2V. The quantitative estimate of drug-likeness (QED) is 0.517. The minimum Gasteiger partial charge on any atom is -1.00 e. The molecule has 0 aliphatic carbocycles. The number of aromatic nitrogens is 1. The van der Waals surface area contributed by atoms with Crippen molar-refractivity contribution in [3.8, 4) is 0 Å². The van der Waals surface area contributed by atoms with E-state index in [0.717, 1.165) is 11.4 Å². The van der Waals surface area contributed by atoms with Gasteiger partial charge in [-0.15, -0.1) is 0 Å². The minimum atomic E-state index is 0. The van der Waals surface area contributed by atoms with E-state index in [1.165, 1.54) is 0 Å². The molecule has 1 aromatic rings. The van der Waals surface area contributed by atoms with Gasteiger partial charge in [0.05, 0.1) is 13.1 Å². The van der Waals surface area contributed by atoms with Gasteiger partial charge in [0.2, 0.25) is 11.8 Å². The molecule has 2 aliphatic rings. The Labute approximate surface area is 147 Å². The topological polar surface area (TPSA) is 56.1 Å². The fraction of sp³-hybridized carbons (Fsp3) is 0.364. The van der Waals surface area contributed by atoms with Crippen molar-refractivity contribution < 1.29 is 65.3 Å². The maximum atomic E-state index is 5.36. The molecule has 0 spiro atoms. The summed E-state index contributed by atoms with van der Waals surface area (Å²) in [7, 11) is 0. The van der Waals surface area contributed by atoms with Crippen LogP contribution in [0.25, 0.3) is 0 Å². The van der Waals surface area contributed by atoms with E-state index >= 15 is 0 Å². The molecular weight excluding hydrogens is 363 g/mol. The van der Waals surface area contributed by atoms with Gasteiger partial charge in [-0.1, -0.05) is 6.07 Å². The van der Waals surface area contributed by atoms with E-state index in [1.807, 2.05) is 18.2 Å². The molecule has 0 radical (unpaired) electrons. The first-order valence-electron chi connectivity index (χ1n) is 5.26. The van der Waals surface area contributed by atoms with Crippen LogP contribution in [0.1, 0.15) is 11.4 Å². The Morgan fingerprint density at radius 3 is 1.60 bits per heavy atom. The second-order valence-corrected chi connectivity index (χ2v) is 3.48. The monoisotopic (exact) mass is 373 g/mol. The second kappa shape index (κ2) is 10.3. The molecule has 0 bridgehead atoms. The maximum absolute atomic E-state index is 5.36. The molecule has 3 heterocycles. The van der Waals surface area contributed by atoms with Crippen molar-refractivity contribution in [1.29, 1.82) is 0 Å². The van der Waals surface area contributed by atoms with Crippen LogP contribution in [0, 0.1) is 0 Å². The average molecular weight is 375 g/mol. The normalized spacial score (nSPS) is 15.0. The van der Waals surface area contributed by atoms with E-state index in [0.29, 0.717) is 38.1 Å². The minimum absolute atomic E-state index is 0. The summed E-state index contributed by atoms with van der Waals surface area (Å²) in [6.07, 6.45) is 0. The molecule has 0 aromatic carbocycles. The van der Waals surface area contributed by atoms with E-state index in [2.05, 4.69) is 15.0 Å². The molecule has 0 amide bonds. The number of hydrogen-bond acceptors (Lipinski definition) is 5. The smallest absolute Gasteiger partial charge is 1.00 e. The van der Waals surface area contributed by atoms with E-state index < -0.39 is 0 Å². The number of rotatable bonds is 2. The third kappa shape index (κ3) is 4.83. The third-order valence-corrected chi connectivity index (χ3v) is 2.36. The first-order valence-corrected chi connectivity index (χ1v) is 5.26. The van der Waals surface area contributed by atoms with Gasteiger partial charge in [-0.3, -0.25) is 0 Å². The Kier molecular flexibility index (Phi) is 11.2. The van der Waals surface area contributed by atoms with Crippen LogP contribution in [0.2, 0.25) is 0 Å². The summed E-state index contributed by atoms with van der Waals surface area (Å²) in [6, 6.07) is 5.67. The Morgan fingerprint density at radius 2 is 1.25 bits per heavy atom. The number of nitrogens with zero attached hydrogens (tertiary/aromatic N) is 3. The van der Waals surface area contributed by atoms with Gasteiger partial charge in [0.25, 0.3) is 0 Å². The second-order valence-electron chi connectivity index (χ2n) is 3.48. The number of halogens is 3. The summed E-state index contributed by atoms with van der Waals surface area (Å²) >= 11 is 0. The number of ether oxygens (including phenoxy) is 2. The number of pyridine rings is 1. The predicted octanol–water partition coefficient (Wildman–Crippen LogP) is -8.36. The zero-order valence-electron chi connectivity index (χ0n) is 10.3. The average Bonchev–Trinajstić information content (AvgIpc) is 3.03. The summed E-state index contributed by atoms with van der Waals surface area (Å²) in [5, 5.41) is 0. The van der Waals surface area contributed by atoms with Crippen LogP contribution in [0.3, 0.4) is 0 Å². The molecule has 0 saturated carbocycles. The molecule has 2 aliphatic heterocycles. The Morgan fingerprint density at radius 1 is 0.800 bits per heavy atom. The van der Waals surface area contributed by atoms with Crippen LogP contribution in [0.4, 0.5) is 0 Å². The standard InChI is InChI=1S/C11H11N3O2.3ClH.V/c1-2-8(10-12-4-6-15-10)14-9(3-1)11-13-5-7-16-11;;;;/h1-3H,4-7H2;3*1H;/q;;;;+3/p-3. The van der Waals surface area contributed by atoms with E-state index in [9.17, 15) is 0 Å². The Balaban J connectivity index is 0. The van der Waals surface area contributed by atoms with Gasteiger partial charge in [-0.2, -0.15) is 0 Å². The van der Waals surface area contributed by atoms with Crippen molar-refractivity contribution in [1.82, 2.24) is 4.98 Å². The van der Waals surface area contributed by atoms with Gasteiger partial charge in [-0.25, -0.2) is 15.0 Å². The van der Waals surface area contributed by atoms with Crippen molar-refractivity contribution in [2.45, 2.75) is 0 Å². The first-order chi connectivity index (χ1) is 7.93. The molecule has 108 valence electrons. The fourth-order valence-electron chi connectivity index (χ4n) is 1.65. The summed E-state index contributed by atoms with van der Waals surface area (Å²) in [5.74, 6) is 1.22. The van der Waals surface area contributed by atoms with Crippen molar-refractivity contribution >= 4 is 11.8 Å². The van der Waals surface area contributed by atoms with Crippen LogP contribution in [-0.2, 0) is 28.0 Å².